The van der Waals surface area contributed by atoms with Gasteiger partial charge in [-0.2, -0.15) is 0 Å². The van der Waals surface area contributed by atoms with Gasteiger partial charge in [-0.3, -0.25) is 14.4 Å². The fourth-order valence-electron chi connectivity index (χ4n) is 9.20. The second-order valence-corrected chi connectivity index (χ2v) is 15.7. The number of allylic oxidation sites excluding steroid dienone is 10. The maximum absolute atomic E-state index is 13.5. The van der Waals surface area contributed by atoms with Gasteiger partial charge in [0.05, 0.1) is 12.2 Å². The largest absolute Gasteiger partial charge is 0.458 e. The molecule has 0 aliphatic heterocycles. The molecule has 0 amide bonds. The first-order valence-corrected chi connectivity index (χ1v) is 19.4. The van der Waals surface area contributed by atoms with Gasteiger partial charge < -0.3 is 24.8 Å². The first-order valence-electron chi connectivity index (χ1n) is 19.4. The van der Waals surface area contributed by atoms with E-state index in [0.717, 1.165) is 32.1 Å². The van der Waals surface area contributed by atoms with Crippen LogP contribution >= 0.6 is 0 Å². The highest BCUT2D eigenvalue weighted by Crippen LogP contribution is 2.77. The van der Waals surface area contributed by atoms with Gasteiger partial charge in [-0.05, 0) is 69.4 Å². The van der Waals surface area contributed by atoms with Crippen LogP contribution < -0.4 is 0 Å². The average molecular weight is 719 g/mol. The van der Waals surface area contributed by atoms with Crippen LogP contribution in [0.5, 0.6) is 0 Å². The number of carbonyl (C=O) groups is 3. The SMILES string of the molecule is CC/C=C/C/C=C/C/C=C/C/C=C/C/C=C/CCCC(=O)O[C@@H]1[C@@H](C)[C@@]2(O)[C@@H](C=C(CO)C[C@]3(O)C(=O)C(C)=C[C@@H]23)[C@@H]2C(C)(C)[C@]12OC(=O)CCC. The summed E-state index contributed by atoms with van der Waals surface area (Å²) in [6.07, 6.45) is 30.5. The van der Waals surface area contributed by atoms with Crippen LogP contribution in [0.2, 0.25) is 0 Å². The third kappa shape index (κ3) is 8.09. The van der Waals surface area contributed by atoms with E-state index in [4.69, 9.17) is 9.47 Å². The molecule has 2 saturated carbocycles. The minimum absolute atomic E-state index is 0.123. The van der Waals surface area contributed by atoms with Gasteiger partial charge in [0, 0.05) is 48.3 Å². The molecule has 2 fully saturated rings. The van der Waals surface area contributed by atoms with Crippen LogP contribution in [0.15, 0.2) is 84.1 Å². The maximum Gasteiger partial charge on any atom is 0.306 e. The van der Waals surface area contributed by atoms with E-state index in [0.29, 0.717) is 30.4 Å². The molecule has 0 aromatic heterocycles. The molecule has 8 heteroatoms. The first-order chi connectivity index (χ1) is 24.8. The lowest BCUT2D eigenvalue weighted by molar-refractivity contribution is -0.229. The Balaban J connectivity index is 1.42. The number of aliphatic hydroxyl groups is 3. The van der Waals surface area contributed by atoms with E-state index in [9.17, 15) is 29.7 Å². The Morgan fingerprint density at radius 1 is 0.865 bits per heavy atom. The summed E-state index contributed by atoms with van der Waals surface area (Å²) in [4.78, 5) is 40.1. The number of hydrogen-bond acceptors (Lipinski definition) is 8. The number of ketones is 1. The van der Waals surface area contributed by atoms with E-state index in [2.05, 4.69) is 67.7 Å². The second kappa shape index (κ2) is 17.7. The van der Waals surface area contributed by atoms with Crippen molar-refractivity contribution in [3.05, 3.63) is 84.1 Å². The minimum atomic E-state index is -1.95. The number of hydrogen-bond donors (Lipinski definition) is 3. The van der Waals surface area contributed by atoms with Crippen LogP contribution in [0.3, 0.4) is 0 Å². The molecule has 0 aromatic carbocycles. The lowest BCUT2D eigenvalue weighted by Crippen LogP contribution is -2.66. The molecule has 0 saturated heterocycles. The zero-order valence-corrected chi connectivity index (χ0v) is 32.2. The van der Waals surface area contributed by atoms with Crippen molar-refractivity contribution in [1.82, 2.24) is 0 Å². The Hall–Kier alpha value is -3.33. The summed E-state index contributed by atoms with van der Waals surface area (Å²) in [5.41, 5.74) is -4.85. The molecule has 286 valence electrons. The van der Waals surface area contributed by atoms with Crippen molar-refractivity contribution in [3.63, 3.8) is 0 Å². The maximum atomic E-state index is 13.5. The number of carbonyl (C=O) groups excluding carboxylic acids is 3. The van der Waals surface area contributed by atoms with Crippen molar-refractivity contribution >= 4 is 17.7 Å². The van der Waals surface area contributed by atoms with Gasteiger partial charge in [0.15, 0.2) is 11.4 Å². The Morgan fingerprint density at radius 2 is 1.44 bits per heavy atom. The number of aliphatic hydroxyl groups excluding tert-OH is 1. The molecular formula is C44H62O8. The predicted octanol–water partition coefficient (Wildman–Crippen LogP) is 7.75. The Bertz CT molecular complexity index is 1510. The molecule has 0 heterocycles. The van der Waals surface area contributed by atoms with E-state index >= 15 is 0 Å². The molecule has 0 bridgehead atoms. The van der Waals surface area contributed by atoms with E-state index in [1.165, 1.54) is 0 Å². The quantitative estimate of drug-likeness (QED) is 0.0745. The number of esters is 2. The van der Waals surface area contributed by atoms with Crippen LogP contribution in [0.1, 0.15) is 112 Å². The summed E-state index contributed by atoms with van der Waals surface area (Å²) in [5, 5.41) is 35.1. The van der Waals surface area contributed by atoms with Crippen LogP contribution in [0, 0.1) is 29.1 Å². The van der Waals surface area contributed by atoms with E-state index in [-0.39, 0.29) is 19.3 Å². The van der Waals surface area contributed by atoms with Crippen molar-refractivity contribution in [2.75, 3.05) is 6.61 Å². The van der Waals surface area contributed by atoms with E-state index < -0.39 is 76.3 Å². The van der Waals surface area contributed by atoms with Crippen molar-refractivity contribution in [3.8, 4) is 0 Å². The minimum Gasteiger partial charge on any atom is -0.458 e. The van der Waals surface area contributed by atoms with Gasteiger partial charge in [0.2, 0.25) is 0 Å². The zero-order chi connectivity index (χ0) is 38.2. The molecule has 8 atom stereocenters. The summed E-state index contributed by atoms with van der Waals surface area (Å²) in [5.74, 6) is -4.36. The summed E-state index contributed by atoms with van der Waals surface area (Å²) in [7, 11) is 0. The van der Waals surface area contributed by atoms with Crippen molar-refractivity contribution in [1.29, 1.82) is 0 Å². The topological polar surface area (TPSA) is 130 Å². The third-order valence-electron chi connectivity index (χ3n) is 11.9. The third-order valence-corrected chi connectivity index (χ3v) is 11.9. The molecule has 0 spiro atoms. The monoisotopic (exact) mass is 718 g/mol. The molecule has 52 heavy (non-hydrogen) atoms. The van der Waals surface area contributed by atoms with Gasteiger partial charge in [-0.15, -0.1) is 0 Å². The molecule has 0 unspecified atom stereocenters. The molecule has 8 nitrogen and oxygen atoms in total. The summed E-state index contributed by atoms with van der Waals surface area (Å²) in [6, 6.07) is 0. The zero-order valence-electron chi connectivity index (χ0n) is 32.2. The molecule has 4 aliphatic rings. The van der Waals surface area contributed by atoms with Gasteiger partial charge in [-0.25, -0.2) is 0 Å². The van der Waals surface area contributed by atoms with Crippen LogP contribution in [-0.4, -0.2) is 62.6 Å². The van der Waals surface area contributed by atoms with Gasteiger partial charge in [0.25, 0.3) is 0 Å². The number of Topliss-reactive ketones (excluding diaryl/α,β-unsaturated/α-hetero) is 1. The lowest BCUT2D eigenvalue weighted by Gasteiger charge is -2.53. The van der Waals surface area contributed by atoms with Gasteiger partial charge in [-0.1, -0.05) is 108 Å². The number of rotatable bonds is 18. The van der Waals surface area contributed by atoms with Crippen molar-refractivity contribution in [2.24, 2.45) is 29.1 Å². The second-order valence-electron chi connectivity index (χ2n) is 15.7. The molecule has 4 aliphatic carbocycles. The standard InChI is InChI=1S/C44H62O8/c1-7-9-10-11-12-13-14-15-16-17-18-19-20-21-22-23-24-26-36(46)51-40-32(4)43(50)34(38-41(5,6)44(38,40)52-37(47)25-8-2)28-33(30-45)29-42(49)35(43)27-31(3)39(42)48/h9-10,12-13,15-16,18-19,21-22,27-28,32,34-35,38,40,45,49-50H,7-8,11,14,17,20,23-26,29-30H2,1-6H3/b10-9+,13-12+,16-15+,19-18+,22-21+/t32-,34+,35-,38-,40-,42-,43-,44-/m1/s1. The van der Waals surface area contributed by atoms with Crippen molar-refractivity contribution < 1.29 is 39.2 Å². The molecule has 0 radical (unpaired) electrons. The number of ether oxygens (including phenoxy) is 2. The predicted molar refractivity (Wildman–Crippen MR) is 204 cm³/mol. The van der Waals surface area contributed by atoms with Gasteiger partial charge in [0.1, 0.15) is 11.7 Å². The summed E-state index contributed by atoms with van der Waals surface area (Å²) >= 11 is 0. The molecule has 0 aromatic rings. The highest BCUT2D eigenvalue weighted by atomic mass is 16.6. The molecular weight excluding hydrogens is 656 g/mol. The fourth-order valence-corrected chi connectivity index (χ4v) is 9.20. The Kier molecular flexibility index (Phi) is 14.1. The first kappa shape index (κ1) is 41.4. The highest BCUT2D eigenvalue weighted by molar-refractivity contribution is 6.04. The summed E-state index contributed by atoms with van der Waals surface area (Å²) in [6.45, 7) is 10.9. The molecule has 4 rings (SSSR count). The number of unbranched alkanes of at least 4 members (excludes halogenated alkanes) is 1. The van der Waals surface area contributed by atoms with Crippen LogP contribution in [-0.2, 0) is 23.9 Å². The molecule has 3 N–H and O–H groups in total. The van der Waals surface area contributed by atoms with Gasteiger partial charge >= 0.3 is 11.9 Å². The van der Waals surface area contributed by atoms with E-state index in [1.54, 1.807) is 26.0 Å². The average Bonchev–Trinajstić information content (AvgIpc) is 3.53. The van der Waals surface area contributed by atoms with Crippen LogP contribution in [0.25, 0.3) is 0 Å². The summed E-state index contributed by atoms with van der Waals surface area (Å²) < 4.78 is 12.6. The normalized spacial score (nSPS) is 33.7. The Morgan fingerprint density at radius 3 is 2.00 bits per heavy atom. The Labute approximate surface area is 311 Å². The fraction of sp³-hybridized carbons (Fsp3) is 0.614. The highest BCUT2D eigenvalue weighted by Gasteiger charge is 2.87. The lowest BCUT2D eigenvalue weighted by atomic mass is 9.59. The van der Waals surface area contributed by atoms with E-state index in [1.807, 2.05) is 20.8 Å². The smallest absolute Gasteiger partial charge is 0.306 e. The van der Waals surface area contributed by atoms with Crippen molar-refractivity contribution in [2.45, 2.75) is 135 Å². The number of fused-ring (bicyclic) bond motifs is 5. The van der Waals surface area contributed by atoms with Crippen LogP contribution in [0.4, 0.5) is 0 Å².